The van der Waals surface area contributed by atoms with Crippen molar-refractivity contribution in [3.05, 3.63) is 12.1 Å². The molecule has 22 heavy (non-hydrogen) atoms. The van der Waals surface area contributed by atoms with Gasteiger partial charge < -0.3 is 18.9 Å². The quantitative estimate of drug-likeness (QED) is 0.864. The molecule has 0 aliphatic carbocycles. The molecular weight excluding hydrogens is 286 g/mol. The van der Waals surface area contributed by atoms with Crippen LogP contribution >= 0.6 is 0 Å². The molecule has 0 aliphatic heterocycles. The highest BCUT2D eigenvalue weighted by molar-refractivity contribution is 5.86. The Bertz CT molecular complexity index is 508. The lowest BCUT2D eigenvalue weighted by Crippen LogP contribution is -2.27. The predicted octanol–water partition coefficient (Wildman–Crippen LogP) is 3.84. The third kappa shape index (κ3) is 5.35. The van der Waals surface area contributed by atoms with Gasteiger partial charge in [0.15, 0.2) is 11.5 Å². The molecule has 1 amide bonds. The molecule has 0 aromatic heterocycles. The van der Waals surface area contributed by atoms with Gasteiger partial charge in [-0.1, -0.05) is 6.92 Å². The van der Waals surface area contributed by atoms with Crippen molar-refractivity contribution in [1.82, 2.24) is 0 Å². The monoisotopic (exact) mass is 311 g/mol. The van der Waals surface area contributed by atoms with Gasteiger partial charge in [-0.25, -0.2) is 4.79 Å². The van der Waals surface area contributed by atoms with Crippen molar-refractivity contribution < 1.29 is 23.7 Å². The maximum atomic E-state index is 11.9. The van der Waals surface area contributed by atoms with Crippen LogP contribution in [0.2, 0.25) is 0 Å². The lowest BCUT2D eigenvalue weighted by Gasteiger charge is -2.20. The van der Waals surface area contributed by atoms with Crippen LogP contribution in [0.4, 0.5) is 10.5 Å². The van der Waals surface area contributed by atoms with Gasteiger partial charge in [0, 0.05) is 12.1 Å². The normalized spacial score (nSPS) is 10.8. The van der Waals surface area contributed by atoms with E-state index in [0.717, 1.165) is 6.42 Å². The van der Waals surface area contributed by atoms with Crippen LogP contribution in [0, 0.1) is 0 Å². The van der Waals surface area contributed by atoms with Crippen LogP contribution in [0.25, 0.3) is 0 Å². The van der Waals surface area contributed by atoms with E-state index >= 15 is 0 Å². The minimum atomic E-state index is -0.567. The predicted molar refractivity (Wildman–Crippen MR) is 85.2 cm³/mol. The van der Waals surface area contributed by atoms with Crippen molar-refractivity contribution in [3.8, 4) is 17.2 Å². The van der Waals surface area contributed by atoms with Crippen molar-refractivity contribution in [1.29, 1.82) is 0 Å². The molecule has 1 aromatic carbocycles. The number of anilines is 1. The van der Waals surface area contributed by atoms with Crippen LogP contribution in [-0.2, 0) is 4.74 Å². The number of amides is 1. The second-order valence-corrected chi connectivity index (χ2v) is 5.69. The molecule has 0 bridgehead atoms. The second-order valence-electron chi connectivity index (χ2n) is 5.69. The first kappa shape index (κ1) is 17.9. The second kappa shape index (κ2) is 7.77. The number of methoxy groups -OCH3 is 2. The number of rotatable bonds is 6. The maximum Gasteiger partial charge on any atom is 0.412 e. The third-order valence-electron chi connectivity index (χ3n) is 2.55. The lowest BCUT2D eigenvalue weighted by atomic mass is 10.2. The molecule has 0 unspecified atom stereocenters. The van der Waals surface area contributed by atoms with E-state index in [1.807, 2.05) is 6.92 Å². The Hall–Kier alpha value is -2.11. The van der Waals surface area contributed by atoms with E-state index in [0.29, 0.717) is 29.5 Å². The number of nitrogens with one attached hydrogen (secondary N) is 1. The molecule has 1 aromatic rings. The van der Waals surface area contributed by atoms with Gasteiger partial charge >= 0.3 is 6.09 Å². The molecule has 0 radical (unpaired) electrons. The van der Waals surface area contributed by atoms with E-state index in [-0.39, 0.29) is 0 Å². The molecule has 124 valence electrons. The van der Waals surface area contributed by atoms with Crippen molar-refractivity contribution >= 4 is 11.8 Å². The summed E-state index contributed by atoms with van der Waals surface area (Å²) in [7, 11) is 3.07. The zero-order chi connectivity index (χ0) is 16.8. The Labute approximate surface area is 131 Å². The Morgan fingerprint density at radius 1 is 1.14 bits per heavy atom. The molecule has 1 rings (SSSR count). The number of carbonyl (C=O) groups excluding carboxylic acids is 1. The topological polar surface area (TPSA) is 66.0 Å². The molecule has 0 heterocycles. The standard InChI is InChI=1S/C16H25NO5/c1-7-8-21-13-10-11(9-12(19-5)14(13)20-6)17-15(18)22-16(2,3)4/h9-10H,7-8H2,1-6H3,(H,17,18). The highest BCUT2D eigenvalue weighted by Crippen LogP contribution is 2.40. The molecule has 0 saturated heterocycles. The Morgan fingerprint density at radius 3 is 2.27 bits per heavy atom. The highest BCUT2D eigenvalue weighted by atomic mass is 16.6. The van der Waals surface area contributed by atoms with Gasteiger partial charge in [-0.3, -0.25) is 5.32 Å². The minimum absolute atomic E-state index is 0.474. The Morgan fingerprint density at radius 2 is 1.77 bits per heavy atom. The fraction of sp³-hybridized carbons (Fsp3) is 0.562. The van der Waals surface area contributed by atoms with E-state index in [9.17, 15) is 4.79 Å². The number of hydrogen-bond acceptors (Lipinski definition) is 5. The minimum Gasteiger partial charge on any atom is -0.493 e. The summed E-state index contributed by atoms with van der Waals surface area (Å²) in [4.78, 5) is 11.9. The molecule has 1 N–H and O–H groups in total. The first-order chi connectivity index (χ1) is 10.3. The van der Waals surface area contributed by atoms with E-state index in [2.05, 4.69) is 5.32 Å². The van der Waals surface area contributed by atoms with Gasteiger partial charge in [0.1, 0.15) is 5.60 Å². The molecule has 6 heteroatoms. The molecule has 0 saturated carbocycles. The van der Waals surface area contributed by atoms with Gasteiger partial charge in [-0.15, -0.1) is 0 Å². The summed E-state index contributed by atoms with van der Waals surface area (Å²) < 4.78 is 21.5. The number of hydrogen-bond donors (Lipinski definition) is 1. The molecular formula is C16H25NO5. The zero-order valence-electron chi connectivity index (χ0n) is 14.1. The smallest absolute Gasteiger partial charge is 0.412 e. The summed E-state index contributed by atoms with van der Waals surface area (Å²) >= 11 is 0. The van der Waals surface area contributed by atoms with E-state index in [1.165, 1.54) is 14.2 Å². The van der Waals surface area contributed by atoms with Crippen molar-refractivity contribution in [2.24, 2.45) is 0 Å². The average molecular weight is 311 g/mol. The van der Waals surface area contributed by atoms with E-state index in [4.69, 9.17) is 18.9 Å². The van der Waals surface area contributed by atoms with Gasteiger partial charge in [0.05, 0.1) is 26.5 Å². The summed E-state index contributed by atoms with van der Waals surface area (Å²) in [5.74, 6) is 1.47. The molecule has 0 spiro atoms. The maximum absolute atomic E-state index is 11.9. The summed E-state index contributed by atoms with van der Waals surface area (Å²) in [6, 6.07) is 3.34. The first-order valence-electron chi connectivity index (χ1n) is 7.19. The van der Waals surface area contributed by atoms with Crippen LogP contribution in [0.5, 0.6) is 17.2 Å². The van der Waals surface area contributed by atoms with Crippen LogP contribution in [-0.4, -0.2) is 32.5 Å². The Kier molecular flexibility index (Phi) is 6.34. The van der Waals surface area contributed by atoms with Crippen LogP contribution in [0.3, 0.4) is 0 Å². The molecule has 0 atom stereocenters. The fourth-order valence-electron chi connectivity index (χ4n) is 1.74. The largest absolute Gasteiger partial charge is 0.493 e. The van der Waals surface area contributed by atoms with E-state index in [1.54, 1.807) is 32.9 Å². The third-order valence-corrected chi connectivity index (χ3v) is 2.55. The number of benzene rings is 1. The van der Waals surface area contributed by atoms with Gasteiger partial charge in [0.2, 0.25) is 5.75 Å². The molecule has 0 fully saturated rings. The average Bonchev–Trinajstić information content (AvgIpc) is 2.42. The van der Waals surface area contributed by atoms with Crippen LogP contribution in [0.15, 0.2) is 12.1 Å². The molecule has 0 aliphatic rings. The van der Waals surface area contributed by atoms with Gasteiger partial charge in [-0.05, 0) is 27.2 Å². The zero-order valence-corrected chi connectivity index (χ0v) is 14.1. The van der Waals surface area contributed by atoms with Gasteiger partial charge in [0.25, 0.3) is 0 Å². The fourth-order valence-corrected chi connectivity index (χ4v) is 1.74. The SMILES string of the molecule is CCCOc1cc(NC(=O)OC(C)(C)C)cc(OC)c1OC. The van der Waals surface area contributed by atoms with Crippen molar-refractivity contribution in [2.45, 2.75) is 39.7 Å². The number of carbonyl (C=O) groups is 1. The Balaban J connectivity index is 3.02. The van der Waals surface area contributed by atoms with Crippen molar-refractivity contribution in [2.75, 3.05) is 26.1 Å². The van der Waals surface area contributed by atoms with Crippen molar-refractivity contribution in [3.63, 3.8) is 0 Å². The number of ether oxygens (including phenoxy) is 4. The van der Waals surface area contributed by atoms with Crippen LogP contribution in [0.1, 0.15) is 34.1 Å². The molecule has 6 nitrogen and oxygen atoms in total. The summed E-state index contributed by atoms with van der Waals surface area (Å²) in [6.45, 7) is 7.95. The first-order valence-corrected chi connectivity index (χ1v) is 7.19. The van der Waals surface area contributed by atoms with Crippen LogP contribution < -0.4 is 19.5 Å². The summed E-state index contributed by atoms with van der Waals surface area (Å²) in [5, 5.41) is 2.66. The van der Waals surface area contributed by atoms with Gasteiger partial charge in [-0.2, -0.15) is 0 Å². The van der Waals surface area contributed by atoms with E-state index < -0.39 is 11.7 Å². The lowest BCUT2D eigenvalue weighted by molar-refractivity contribution is 0.0636. The highest BCUT2D eigenvalue weighted by Gasteiger charge is 2.19. The summed E-state index contributed by atoms with van der Waals surface area (Å²) in [5.41, 5.74) is -0.0552. The summed E-state index contributed by atoms with van der Waals surface area (Å²) in [6.07, 6.45) is 0.316.